The number of hydroxylamine groups is 5. The van der Waals surface area contributed by atoms with Crippen molar-refractivity contribution in [2.45, 2.75) is 315 Å². The lowest BCUT2D eigenvalue weighted by Gasteiger charge is -2.34. The number of hydrogen-bond donors (Lipinski definition) is 9. The van der Waals surface area contributed by atoms with Crippen LogP contribution >= 0.6 is 12.4 Å². The van der Waals surface area contributed by atoms with Crippen molar-refractivity contribution in [3.8, 4) is 5.88 Å². The number of aromatic carboxylic acids is 1. The first-order valence-electron chi connectivity index (χ1n) is 41.4. The molecule has 9 N–H and O–H groups in total. The van der Waals surface area contributed by atoms with Gasteiger partial charge in [-0.15, -0.1) is 24.1 Å². The molecule has 12 heterocycles. The maximum atomic E-state index is 12.5. The first kappa shape index (κ1) is 117. The first-order chi connectivity index (χ1) is 59.6. The summed E-state index contributed by atoms with van der Waals surface area (Å²) < 4.78 is 90.7. The van der Waals surface area contributed by atoms with Crippen molar-refractivity contribution >= 4 is 83.1 Å². The molecule has 0 aromatic carbocycles. The van der Waals surface area contributed by atoms with Crippen LogP contribution in [-0.2, 0) is 126 Å². The molecule has 744 valence electrons. The van der Waals surface area contributed by atoms with Crippen molar-refractivity contribution in [3.63, 3.8) is 0 Å². The molecule has 6 aliphatic heterocycles. The number of ether oxygens (including phenoxy) is 5. The zero-order chi connectivity index (χ0) is 97.9. The van der Waals surface area contributed by atoms with Gasteiger partial charge in [-0.1, -0.05) is 27.5 Å². The van der Waals surface area contributed by atoms with Crippen LogP contribution in [0.25, 0.3) is 6.08 Å². The number of carboxylic acid groups (broad SMARTS) is 1. The van der Waals surface area contributed by atoms with Gasteiger partial charge in [0.15, 0.2) is 23.4 Å². The number of allylic oxidation sites excluding steroid dienone is 1. The van der Waals surface area contributed by atoms with Gasteiger partial charge in [-0.3, -0.25) is 54.7 Å². The van der Waals surface area contributed by atoms with Crippen LogP contribution in [0.4, 0.5) is 37.1 Å². The Morgan fingerprint density at radius 2 is 0.727 bits per heavy atom. The van der Waals surface area contributed by atoms with E-state index in [0.717, 1.165) is 68.8 Å². The molecule has 42 nitrogen and oxygen atoms in total. The second kappa shape index (κ2) is 49.0. The fraction of sp³-hybridized carbons (Fsp3) is 0.635. The number of aromatic amines is 6. The quantitative estimate of drug-likeness (QED) is 0.0154. The molecular formula is C85H139ClF3N21O21S. The van der Waals surface area contributed by atoms with E-state index in [-0.39, 0.29) is 124 Å². The highest BCUT2D eigenvalue weighted by Crippen LogP contribution is 2.36. The van der Waals surface area contributed by atoms with E-state index in [9.17, 15) is 64.7 Å². The van der Waals surface area contributed by atoms with Gasteiger partial charge < -0.3 is 67.6 Å². The molecule has 6 unspecified atom stereocenters. The number of alkyl halides is 3. The van der Waals surface area contributed by atoms with Crippen molar-refractivity contribution in [2.24, 2.45) is 0 Å². The standard InChI is InChI=1S/C15H24N4O4.C14H21N3O2.C13H18F3N3O5S.C13H19N3O4.C13H19N3O3.C10H16N4O2.C3H6.C2H7NO.2CH4.ClH/c1-9-7-11-10(8-19(9)14(21)23-15(2,3)4)12(17-16-11)13(20)18(5)22-6;1-6-11-10-8-17(13(18)19-14(3,4)5)9(2)7-12(10)16-15-11;1-7-5-9-8(6-19(7)11(20)23-12(2,3)4)10(18-17-9)24-25(21,22)13(14,15)16;1-7-5-9-8(10(11(17)18)15-14-9)6-16(7)12(19)20-13(2,3)4;1-8-5-10-9(11(7-17)15-14-10)6-16(8)12(18)19-13(2,3)4;1-6-4-8-7(5-11-6)9(13-12-8)10(15)14(2)16-3;1-3-2;1-3-4-2;;;/h9H,7-8H2,1-6H3,(H,16,17);6,9H,1,7-8H2,2-5H3,(H,15,16);7H,5-6H2,1-4H3,(H,17,18);7H,5-6H2,1-4H3,(H,14,15)(H,17,18);7-8H,5-6H2,1-4H3,(H,14,15);6,11H,4-5H2,1-3H3,(H,12,13);3H,1H2,2H3;3H,1-2H3;2*1H4;1H. The second-order valence-corrected chi connectivity index (χ2v) is 37.4. The SMILES string of the molecule is C.C.C=CC.C=Cc1n[nH]c2c1CN(C(=O)OC(C)(C)C)C(C)C2.CC1Cc2[nH]nc(C(=O)O)c2CN1C(=O)OC(C)(C)C.CC1Cc2[nH]nc(C=O)c2CN1C(=O)OC(C)(C)C.CC1Cc2[nH]nc(OS(=O)(=O)C(F)(F)F)c2CN1C(=O)OC(C)(C)C.CNOC.CON(C)C(=O)c1n[nH]c2c1CN(C(=O)OC(C)(C)C)C(C)C2.CON(C)C(=O)c1n[nH]c2c1CNC(C)C2.Cl. The van der Waals surface area contributed by atoms with Gasteiger partial charge in [0, 0.05) is 164 Å². The molecule has 6 aromatic rings. The number of hydrogen-bond acceptors (Lipinski definition) is 28. The van der Waals surface area contributed by atoms with E-state index in [0.29, 0.717) is 79.4 Å². The van der Waals surface area contributed by atoms with Crippen LogP contribution in [0.15, 0.2) is 19.2 Å². The molecule has 0 spiro atoms. The Labute approximate surface area is 776 Å². The summed E-state index contributed by atoms with van der Waals surface area (Å²) in [6.07, 6.45) is 5.66. The minimum atomic E-state index is -5.85. The summed E-state index contributed by atoms with van der Waals surface area (Å²) >= 11 is 0. The zero-order valence-corrected chi connectivity index (χ0v) is 81.1. The van der Waals surface area contributed by atoms with Gasteiger partial charge in [-0.25, -0.2) is 44.4 Å². The lowest BCUT2D eigenvalue weighted by atomic mass is 10.00. The van der Waals surface area contributed by atoms with Crippen molar-refractivity contribution in [3.05, 3.63) is 115 Å². The summed E-state index contributed by atoms with van der Waals surface area (Å²) in [4.78, 5) is 129. The molecule has 0 saturated heterocycles. The van der Waals surface area contributed by atoms with Crippen LogP contribution in [0.5, 0.6) is 5.88 Å². The van der Waals surface area contributed by atoms with Crippen LogP contribution in [0, 0.1) is 0 Å². The molecule has 0 bridgehead atoms. The lowest BCUT2D eigenvalue weighted by molar-refractivity contribution is -0.0762. The number of aldehydes is 1. The Kier molecular flexibility index (Phi) is 43.4. The molecule has 6 atom stereocenters. The summed E-state index contributed by atoms with van der Waals surface area (Å²) in [5.41, 5.74) is 5.02. The number of fused-ring (bicyclic) bond motifs is 6. The number of amides is 7. The predicted molar refractivity (Wildman–Crippen MR) is 485 cm³/mol. The molecule has 0 saturated carbocycles. The summed E-state index contributed by atoms with van der Waals surface area (Å²) in [7, 11) is 3.38. The monoisotopic (exact) mass is 1910 g/mol. The third kappa shape index (κ3) is 32.9. The van der Waals surface area contributed by atoms with Crippen LogP contribution in [0.2, 0.25) is 0 Å². The number of nitrogens with zero attached hydrogens (tertiary/aromatic N) is 13. The first-order valence-corrected chi connectivity index (χ1v) is 42.8. The number of carbonyl (C=O) groups is 9. The minimum absolute atomic E-state index is 0. The molecule has 0 radical (unpaired) electrons. The van der Waals surface area contributed by atoms with Crippen LogP contribution in [-0.4, -0.2) is 276 Å². The molecule has 6 aliphatic rings. The van der Waals surface area contributed by atoms with Crippen molar-refractivity contribution in [2.75, 3.05) is 42.5 Å². The minimum Gasteiger partial charge on any atom is -0.476 e. The van der Waals surface area contributed by atoms with Crippen LogP contribution < -0.4 is 15.0 Å². The number of aromatic nitrogens is 12. The van der Waals surface area contributed by atoms with Gasteiger partial charge in [0.2, 0.25) is 0 Å². The summed E-state index contributed by atoms with van der Waals surface area (Å²) in [6, 6.07) is 0.0917. The van der Waals surface area contributed by atoms with Gasteiger partial charge in [-0.2, -0.15) is 47.1 Å². The van der Waals surface area contributed by atoms with E-state index in [1.807, 2.05) is 96.9 Å². The highest BCUT2D eigenvalue weighted by Gasteiger charge is 2.50. The Morgan fingerprint density at radius 1 is 0.462 bits per heavy atom. The fourth-order valence-electron chi connectivity index (χ4n) is 13.1. The van der Waals surface area contributed by atoms with E-state index in [4.69, 9.17) is 38.5 Å². The summed E-state index contributed by atoms with van der Waals surface area (Å²) in [5, 5.41) is 55.1. The number of rotatable bonds is 10. The van der Waals surface area contributed by atoms with Gasteiger partial charge in [-0.05, 0) is 158 Å². The van der Waals surface area contributed by atoms with E-state index < -0.39 is 73.8 Å². The number of carboxylic acids is 1. The second-order valence-electron chi connectivity index (χ2n) is 35.9. The van der Waals surface area contributed by atoms with Crippen LogP contribution in [0.1, 0.15) is 282 Å². The highest BCUT2D eigenvalue weighted by molar-refractivity contribution is 7.88. The number of H-pyrrole nitrogens is 6. The maximum Gasteiger partial charge on any atom is 0.534 e. The van der Waals surface area contributed by atoms with E-state index >= 15 is 0 Å². The normalized spacial score (nSPS) is 17.6. The van der Waals surface area contributed by atoms with Gasteiger partial charge in [0.05, 0.1) is 65.3 Å². The van der Waals surface area contributed by atoms with Gasteiger partial charge >= 0.3 is 52.1 Å². The lowest BCUT2D eigenvalue weighted by Crippen LogP contribution is -2.45. The zero-order valence-electron chi connectivity index (χ0n) is 79.5. The van der Waals surface area contributed by atoms with E-state index in [1.54, 1.807) is 96.5 Å². The Morgan fingerprint density at radius 3 is 1.03 bits per heavy atom. The molecule has 47 heteroatoms. The Bertz CT molecular complexity index is 4880. The molecule has 6 aromatic heterocycles. The average molecular weight is 1920 g/mol. The fourth-order valence-corrected chi connectivity index (χ4v) is 13.5. The number of halogens is 4. The largest absolute Gasteiger partial charge is 0.534 e. The van der Waals surface area contributed by atoms with Crippen LogP contribution in [0.3, 0.4) is 0 Å². The van der Waals surface area contributed by atoms with E-state index in [1.165, 1.54) is 36.1 Å². The summed E-state index contributed by atoms with van der Waals surface area (Å²) in [6.45, 7) is 49.5. The van der Waals surface area contributed by atoms with Gasteiger partial charge in [0.1, 0.15) is 33.7 Å². The molecule has 12 rings (SSSR count). The molecule has 7 amide bonds. The van der Waals surface area contributed by atoms with Crippen molar-refractivity contribution in [1.29, 1.82) is 0 Å². The van der Waals surface area contributed by atoms with Crippen molar-refractivity contribution in [1.82, 2.24) is 107 Å². The summed E-state index contributed by atoms with van der Waals surface area (Å²) in [5.74, 6) is -2.41. The van der Waals surface area contributed by atoms with E-state index in [2.05, 4.69) is 101 Å². The smallest absolute Gasteiger partial charge is 0.476 e. The average Bonchev–Trinajstić information content (AvgIpc) is 1.60. The Balaban J connectivity index is 0.000000528. The highest BCUT2D eigenvalue weighted by atomic mass is 35.5. The third-order valence-electron chi connectivity index (χ3n) is 19.5. The third-order valence-corrected chi connectivity index (χ3v) is 20.5. The number of nitrogens with one attached hydrogen (secondary N) is 8. The molecule has 0 fully saturated rings. The number of carbonyl (C=O) groups excluding carboxylic acids is 8. The topological polar surface area (TPSA) is 510 Å². The molecule has 0 aliphatic carbocycles. The molecule has 132 heavy (non-hydrogen) atoms. The molecular weight excluding hydrogens is 1780 g/mol. The van der Waals surface area contributed by atoms with Gasteiger partial charge in [0.25, 0.3) is 17.7 Å². The predicted octanol–water partition coefficient (Wildman–Crippen LogP) is 13.2. The Hall–Kier alpha value is -11.2. The van der Waals surface area contributed by atoms with Crippen molar-refractivity contribution < 1.29 is 112 Å². The maximum absolute atomic E-state index is 12.5.